The highest BCUT2D eigenvalue weighted by molar-refractivity contribution is 6.06. The topological polar surface area (TPSA) is 25.6 Å². The Morgan fingerprint density at radius 3 is 2.16 bits per heavy atom. The summed E-state index contributed by atoms with van der Waals surface area (Å²) in [4.78, 5) is 2.31. The predicted octanol–water partition coefficient (Wildman–Crippen LogP) is 7.82. The Morgan fingerprint density at radius 1 is 0.688 bits per heavy atom. The third-order valence-electron chi connectivity index (χ3n) is 6.23. The molecule has 4 aromatic carbocycles. The summed E-state index contributed by atoms with van der Waals surface area (Å²) in [5.41, 5.74) is 7.40. The van der Waals surface area contributed by atoms with Gasteiger partial charge in [0.15, 0.2) is 0 Å². The minimum absolute atomic E-state index is 0.235. The van der Waals surface area contributed by atoms with E-state index >= 15 is 0 Å². The molecule has 1 unspecified atom stereocenters. The van der Waals surface area contributed by atoms with E-state index in [1.807, 2.05) is 36.4 Å². The highest BCUT2D eigenvalue weighted by atomic mass is 16.5. The fraction of sp³-hybridized carbons (Fsp3) is 0.103. The number of aryl methyl sites for hydroxylation is 1. The number of allylic oxidation sites excluding steroid dienone is 1. The van der Waals surface area contributed by atoms with Crippen LogP contribution >= 0.6 is 0 Å². The lowest BCUT2D eigenvalue weighted by Crippen LogP contribution is -2.23. The monoisotopic (exact) mass is 417 g/mol. The van der Waals surface area contributed by atoms with E-state index in [9.17, 15) is 0 Å². The van der Waals surface area contributed by atoms with E-state index < -0.39 is 0 Å². The average molecular weight is 418 g/mol. The number of hydrogen-bond donors (Lipinski definition) is 0. The second kappa shape index (κ2) is 7.31. The third kappa shape index (κ3) is 2.89. The standard InChI is InChI=1S/C29H23NO2/c1-19-17-27-24(23-15-9-10-16-26(23)31-27)18-25(19)30-20(2)28(21-11-5-3-6-12-21)32-29(30)22-13-7-4-8-14-22/h3-18,29H,1-2H3. The van der Waals surface area contributed by atoms with Gasteiger partial charge in [-0.25, -0.2) is 0 Å². The van der Waals surface area contributed by atoms with E-state index in [0.29, 0.717) is 0 Å². The first kappa shape index (κ1) is 18.8. The molecule has 0 spiro atoms. The molecule has 0 fully saturated rings. The van der Waals surface area contributed by atoms with Gasteiger partial charge in [0.2, 0.25) is 6.23 Å². The summed E-state index contributed by atoms with van der Waals surface area (Å²) >= 11 is 0. The van der Waals surface area contributed by atoms with Gasteiger partial charge in [0, 0.05) is 27.6 Å². The molecule has 32 heavy (non-hydrogen) atoms. The summed E-state index contributed by atoms with van der Waals surface area (Å²) in [6.45, 7) is 4.28. The zero-order chi connectivity index (χ0) is 21.7. The lowest BCUT2D eigenvalue weighted by atomic mass is 10.1. The lowest BCUT2D eigenvalue weighted by Gasteiger charge is -2.28. The van der Waals surface area contributed by atoms with Crippen LogP contribution in [-0.2, 0) is 4.74 Å². The Bertz CT molecular complexity index is 1470. The number of benzene rings is 4. The number of nitrogens with zero attached hydrogens (tertiary/aromatic N) is 1. The van der Waals surface area contributed by atoms with Crippen molar-refractivity contribution in [2.24, 2.45) is 0 Å². The Morgan fingerprint density at radius 2 is 1.38 bits per heavy atom. The minimum atomic E-state index is -0.235. The predicted molar refractivity (Wildman–Crippen MR) is 130 cm³/mol. The zero-order valence-electron chi connectivity index (χ0n) is 18.1. The molecule has 0 bridgehead atoms. The van der Waals surface area contributed by atoms with E-state index in [0.717, 1.165) is 55.8 Å². The van der Waals surface area contributed by atoms with Gasteiger partial charge in [-0.15, -0.1) is 0 Å². The SMILES string of the molecule is CC1=C(c2ccccc2)OC(c2ccccc2)N1c1cc2c(cc1C)oc1ccccc12. The number of hydrogen-bond acceptors (Lipinski definition) is 3. The molecule has 0 saturated heterocycles. The van der Waals surface area contributed by atoms with Crippen LogP contribution in [0.25, 0.3) is 27.7 Å². The maximum absolute atomic E-state index is 6.63. The van der Waals surface area contributed by atoms with Crippen LogP contribution in [0.1, 0.15) is 29.8 Å². The van der Waals surface area contributed by atoms with Crippen molar-refractivity contribution in [3.63, 3.8) is 0 Å². The van der Waals surface area contributed by atoms with Crippen molar-refractivity contribution in [2.45, 2.75) is 20.1 Å². The van der Waals surface area contributed by atoms with Gasteiger partial charge in [-0.3, -0.25) is 0 Å². The second-order valence-corrected chi connectivity index (χ2v) is 8.26. The smallest absolute Gasteiger partial charge is 0.203 e. The van der Waals surface area contributed by atoms with Crippen molar-refractivity contribution in [1.82, 2.24) is 0 Å². The Balaban J connectivity index is 1.57. The van der Waals surface area contributed by atoms with E-state index in [2.05, 4.69) is 79.4 Å². The molecular weight excluding hydrogens is 394 g/mol. The third-order valence-corrected chi connectivity index (χ3v) is 6.23. The van der Waals surface area contributed by atoms with Gasteiger partial charge in [0.05, 0.1) is 5.70 Å². The van der Waals surface area contributed by atoms with Crippen LogP contribution in [0.15, 0.2) is 107 Å². The number of rotatable bonds is 3. The average Bonchev–Trinajstić information content (AvgIpc) is 3.36. The van der Waals surface area contributed by atoms with Crippen molar-refractivity contribution >= 4 is 33.4 Å². The second-order valence-electron chi connectivity index (χ2n) is 8.26. The largest absolute Gasteiger partial charge is 0.463 e. The molecular formula is C29H23NO2. The van der Waals surface area contributed by atoms with Gasteiger partial charge in [0.25, 0.3) is 0 Å². The number of fused-ring (bicyclic) bond motifs is 3. The highest BCUT2D eigenvalue weighted by Crippen LogP contribution is 2.46. The fourth-order valence-electron chi connectivity index (χ4n) is 4.66. The molecule has 3 nitrogen and oxygen atoms in total. The Labute approximate surface area is 187 Å². The fourth-order valence-corrected chi connectivity index (χ4v) is 4.66. The van der Waals surface area contributed by atoms with E-state index in [4.69, 9.17) is 9.15 Å². The Kier molecular flexibility index (Phi) is 4.29. The van der Waals surface area contributed by atoms with Crippen molar-refractivity contribution in [3.8, 4) is 0 Å². The molecule has 6 rings (SSSR count). The lowest BCUT2D eigenvalue weighted by molar-refractivity contribution is 0.195. The van der Waals surface area contributed by atoms with Crippen molar-refractivity contribution in [2.75, 3.05) is 4.90 Å². The summed E-state index contributed by atoms with van der Waals surface area (Å²) in [7, 11) is 0. The Hall–Kier alpha value is -3.98. The molecule has 1 aliphatic heterocycles. The number of anilines is 1. The van der Waals surface area contributed by atoms with Crippen molar-refractivity contribution in [1.29, 1.82) is 0 Å². The first-order valence-corrected chi connectivity index (χ1v) is 10.9. The van der Waals surface area contributed by atoms with Gasteiger partial charge >= 0.3 is 0 Å². The first-order chi connectivity index (χ1) is 15.7. The minimum Gasteiger partial charge on any atom is -0.463 e. The number of furan rings is 1. The molecule has 156 valence electrons. The normalized spacial score (nSPS) is 16.2. The van der Waals surface area contributed by atoms with Crippen LogP contribution in [0, 0.1) is 6.92 Å². The van der Waals surface area contributed by atoms with Crippen LogP contribution < -0.4 is 4.90 Å². The van der Waals surface area contributed by atoms with E-state index in [-0.39, 0.29) is 6.23 Å². The van der Waals surface area contributed by atoms with Gasteiger partial charge < -0.3 is 14.1 Å². The van der Waals surface area contributed by atoms with Crippen LogP contribution in [0.4, 0.5) is 5.69 Å². The molecule has 2 heterocycles. The summed E-state index contributed by atoms with van der Waals surface area (Å²) in [6.07, 6.45) is -0.235. The zero-order valence-corrected chi connectivity index (χ0v) is 18.1. The van der Waals surface area contributed by atoms with Crippen molar-refractivity contribution in [3.05, 3.63) is 119 Å². The quantitative estimate of drug-likeness (QED) is 0.299. The maximum atomic E-state index is 6.63. The van der Waals surface area contributed by atoms with Gasteiger partial charge in [-0.05, 0) is 37.6 Å². The summed E-state index contributed by atoms with van der Waals surface area (Å²) in [5.74, 6) is 0.913. The maximum Gasteiger partial charge on any atom is 0.203 e. The number of ether oxygens (including phenoxy) is 1. The molecule has 0 saturated carbocycles. The van der Waals surface area contributed by atoms with Crippen molar-refractivity contribution < 1.29 is 9.15 Å². The molecule has 5 aromatic rings. The molecule has 1 atom stereocenters. The van der Waals surface area contributed by atoms with Crippen LogP contribution in [-0.4, -0.2) is 0 Å². The van der Waals surface area contributed by atoms with Crippen LogP contribution in [0.3, 0.4) is 0 Å². The van der Waals surface area contributed by atoms with Gasteiger partial charge in [-0.2, -0.15) is 0 Å². The molecule has 3 heteroatoms. The summed E-state index contributed by atoms with van der Waals surface area (Å²) in [6, 6.07) is 33.3. The molecule has 0 radical (unpaired) electrons. The summed E-state index contributed by atoms with van der Waals surface area (Å²) < 4.78 is 12.7. The van der Waals surface area contributed by atoms with E-state index in [1.54, 1.807) is 0 Å². The molecule has 1 aliphatic rings. The summed E-state index contributed by atoms with van der Waals surface area (Å²) in [5, 5.41) is 2.25. The first-order valence-electron chi connectivity index (χ1n) is 10.9. The molecule has 0 amide bonds. The van der Waals surface area contributed by atoms with Crippen LogP contribution in [0.2, 0.25) is 0 Å². The molecule has 1 aromatic heterocycles. The number of para-hydroxylation sites is 1. The molecule has 0 aliphatic carbocycles. The van der Waals surface area contributed by atoms with E-state index in [1.165, 1.54) is 0 Å². The van der Waals surface area contributed by atoms with Crippen LogP contribution in [0.5, 0.6) is 0 Å². The highest BCUT2D eigenvalue weighted by Gasteiger charge is 2.35. The van der Waals surface area contributed by atoms with Gasteiger partial charge in [0.1, 0.15) is 16.9 Å². The van der Waals surface area contributed by atoms with Gasteiger partial charge in [-0.1, -0.05) is 78.9 Å². The molecule has 0 N–H and O–H groups in total.